The van der Waals surface area contributed by atoms with Crippen molar-refractivity contribution in [2.75, 3.05) is 13.7 Å². The molecule has 0 aromatic heterocycles. The van der Waals surface area contributed by atoms with Gasteiger partial charge in [-0.05, 0) is 61.6 Å². The molecule has 1 aliphatic rings. The summed E-state index contributed by atoms with van der Waals surface area (Å²) in [6.45, 7) is 4.19. The van der Waals surface area contributed by atoms with Crippen molar-refractivity contribution < 1.29 is 17.3 Å². The van der Waals surface area contributed by atoms with E-state index in [0.29, 0.717) is 0 Å². The Morgan fingerprint density at radius 2 is 1.88 bits per heavy atom. The Morgan fingerprint density at radius 1 is 1.19 bits per heavy atom. The number of hydrogen-bond acceptors (Lipinski definition) is 4. The minimum Gasteiger partial charge on any atom is -0.497 e. The maximum absolute atomic E-state index is 12.5. The fraction of sp³-hybridized carbons (Fsp3) is 0.400. The summed E-state index contributed by atoms with van der Waals surface area (Å²) >= 11 is 3.60. The summed E-state index contributed by atoms with van der Waals surface area (Å²) in [6.07, 6.45) is 1.75. The van der Waals surface area contributed by atoms with Crippen molar-refractivity contribution >= 4 is 26.0 Å². The second-order valence-corrected chi connectivity index (χ2v) is 9.36. The van der Waals surface area contributed by atoms with Gasteiger partial charge in [-0.1, -0.05) is 40.5 Å². The maximum Gasteiger partial charge on any atom is 0.296 e. The number of ether oxygens (including phenoxy) is 1. The molecule has 0 unspecified atom stereocenters. The number of hydrogen-bond donors (Lipinski definition) is 0. The standard InChI is InChI=1S/C20H23BrO4S/c1-4-20(12-18(20)17-11-15(24-3)7-10-19(17)21)13-25-26(22,23)16-8-5-14(2)6-9-16/h5-11,18H,4,12-13H2,1-3H3/t18-,20+/m0/s1. The lowest BCUT2D eigenvalue weighted by Crippen LogP contribution is -2.17. The molecule has 2 atom stereocenters. The van der Waals surface area contributed by atoms with Crippen molar-refractivity contribution in [2.24, 2.45) is 5.41 Å². The summed E-state index contributed by atoms with van der Waals surface area (Å²) < 4.78 is 36.8. The Hall–Kier alpha value is -1.37. The van der Waals surface area contributed by atoms with Crippen LogP contribution < -0.4 is 4.74 Å². The highest BCUT2D eigenvalue weighted by Crippen LogP contribution is 2.63. The molecule has 0 heterocycles. The summed E-state index contributed by atoms with van der Waals surface area (Å²) in [5, 5.41) is 0. The second-order valence-electron chi connectivity index (χ2n) is 6.89. The first kappa shape index (κ1) is 19.4. The first-order valence-corrected chi connectivity index (χ1v) is 10.8. The predicted octanol–water partition coefficient (Wildman–Crippen LogP) is 5.06. The van der Waals surface area contributed by atoms with Crippen molar-refractivity contribution in [1.29, 1.82) is 0 Å². The minimum absolute atomic E-state index is 0.160. The van der Waals surface area contributed by atoms with E-state index in [1.165, 1.54) is 0 Å². The zero-order valence-electron chi connectivity index (χ0n) is 15.2. The molecule has 3 rings (SSSR count). The molecule has 0 amide bonds. The van der Waals surface area contributed by atoms with Gasteiger partial charge in [-0.25, -0.2) is 0 Å². The Morgan fingerprint density at radius 3 is 2.50 bits per heavy atom. The molecule has 26 heavy (non-hydrogen) atoms. The van der Waals surface area contributed by atoms with E-state index in [4.69, 9.17) is 8.92 Å². The van der Waals surface area contributed by atoms with Gasteiger partial charge in [0.05, 0.1) is 18.6 Å². The fourth-order valence-corrected chi connectivity index (χ4v) is 4.84. The quantitative estimate of drug-likeness (QED) is 0.567. The summed E-state index contributed by atoms with van der Waals surface area (Å²) in [5.41, 5.74) is 1.99. The highest BCUT2D eigenvalue weighted by atomic mass is 79.9. The van der Waals surface area contributed by atoms with Crippen LogP contribution in [0.4, 0.5) is 0 Å². The van der Waals surface area contributed by atoms with Crippen LogP contribution in [0.1, 0.15) is 36.8 Å². The van der Waals surface area contributed by atoms with Gasteiger partial charge in [0.15, 0.2) is 0 Å². The van der Waals surface area contributed by atoms with Crippen LogP contribution in [0.3, 0.4) is 0 Å². The predicted molar refractivity (Wildman–Crippen MR) is 105 cm³/mol. The van der Waals surface area contributed by atoms with Gasteiger partial charge in [-0.15, -0.1) is 0 Å². The molecule has 1 saturated carbocycles. The maximum atomic E-state index is 12.5. The molecule has 4 nitrogen and oxygen atoms in total. The van der Waals surface area contributed by atoms with Crippen molar-refractivity contribution in [2.45, 2.75) is 37.5 Å². The van der Waals surface area contributed by atoms with Gasteiger partial charge in [-0.2, -0.15) is 8.42 Å². The lowest BCUT2D eigenvalue weighted by atomic mass is 9.97. The van der Waals surface area contributed by atoms with Crippen LogP contribution in [0.15, 0.2) is 51.8 Å². The van der Waals surface area contributed by atoms with Crippen molar-refractivity contribution in [3.63, 3.8) is 0 Å². The Bertz CT molecular complexity index is 893. The molecular formula is C20H23BrO4S. The van der Waals surface area contributed by atoms with Gasteiger partial charge in [-0.3, -0.25) is 4.18 Å². The average Bonchev–Trinajstić information content (AvgIpc) is 3.36. The summed E-state index contributed by atoms with van der Waals surface area (Å²) in [5.74, 6) is 1.05. The first-order chi connectivity index (χ1) is 12.3. The van der Waals surface area contributed by atoms with E-state index in [0.717, 1.165) is 34.2 Å². The third kappa shape index (κ3) is 3.82. The lowest BCUT2D eigenvalue weighted by Gasteiger charge is -2.17. The summed E-state index contributed by atoms with van der Waals surface area (Å²) in [7, 11) is -2.10. The SMILES string of the molecule is CC[C@]1(COS(=O)(=O)c2ccc(C)cc2)C[C@H]1c1cc(OC)ccc1Br. The van der Waals surface area contributed by atoms with E-state index < -0.39 is 10.1 Å². The molecule has 6 heteroatoms. The van der Waals surface area contributed by atoms with Crippen molar-refractivity contribution in [3.8, 4) is 5.75 Å². The molecule has 0 bridgehead atoms. The molecular weight excluding hydrogens is 416 g/mol. The molecule has 140 valence electrons. The average molecular weight is 439 g/mol. The smallest absolute Gasteiger partial charge is 0.296 e. The largest absolute Gasteiger partial charge is 0.497 e. The van der Waals surface area contributed by atoms with Crippen LogP contribution in [0.25, 0.3) is 0 Å². The van der Waals surface area contributed by atoms with E-state index in [9.17, 15) is 8.42 Å². The monoisotopic (exact) mass is 438 g/mol. The van der Waals surface area contributed by atoms with E-state index in [-0.39, 0.29) is 22.8 Å². The van der Waals surface area contributed by atoms with Gasteiger partial charge < -0.3 is 4.74 Å². The van der Waals surface area contributed by atoms with E-state index in [1.807, 2.05) is 25.1 Å². The normalized spacial score (nSPS) is 22.2. The van der Waals surface area contributed by atoms with Gasteiger partial charge in [0, 0.05) is 9.89 Å². The molecule has 2 aromatic carbocycles. The molecule has 0 saturated heterocycles. The number of aryl methyl sites for hydroxylation is 1. The third-order valence-electron chi connectivity index (χ3n) is 5.28. The topological polar surface area (TPSA) is 52.6 Å². The number of halogens is 1. The molecule has 1 fully saturated rings. The fourth-order valence-electron chi connectivity index (χ4n) is 3.32. The van der Waals surface area contributed by atoms with Crippen molar-refractivity contribution in [3.05, 3.63) is 58.1 Å². The van der Waals surface area contributed by atoms with Crippen LogP contribution in [-0.4, -0.2) is 22.1 Å². The molecule has 0 radical (unpaired) electrons. The Labute approximate surface area is 163 Å². The van der Waals surface area contributed by atoms with Crippen LogP contribution in [0.5, 0.6) is 5.75 Å². The number of benzene rings is 2. The summed E-state index contributed by atoms with van der Waals surface area (Å²) in [6, 6.07) is 12.6. The number of methoxy groups -OCH3 is 1. The van der Waals surface area contributed by atoms with Gasteiger partial charge in [0.25, 0.3) is 10.1 Å². The lowest BCUT2D eigenvalue weighted by molar-refractivity contribution is 0.229. The molecule has 1 aliphatic carbocycles. The Kier molecular flexibility index (Phi) is 5.47. The van der Waals surface area contributed by atoms with Crippen LogP contribution in [0, 0.1) is 12.3 Å². The zero-order chi connectivity index (χ0) is 18.9. The molecule has 0 N–H and O–H groups in total. The molecule has 2 aromatic rings. The van der Waals surface area contributed by atoms with E-state index >= 15 is 0 Å². The van der Waals surface area contributed by atoms with Crippen LogP contribution in [0.2, 0.25) is 0 Å². The minimum atomic E-state index is -3.75. The zero-order valence-corrected chi connectivity index (χ0v) is 17.6. The summed E-state index contributed by atoms with van der Waals surface area (Å²) in [4.78, 5) is 0.203. The van der Waals surface area contributed by atoms with Crippen LogP contribution in [-0.2, 0) is 14.3 Å². The molecule has 0 aliphatic heterocycles. The van der Waals surface area contributed by atoms with E-state index in [2.05, 4.69) is 22.9 Å². The third-order valence-corrected chi connectivity index (χ3v) is 7.28. The van der Waals surface area contributed by atoms with Gasteiger partial charge in [0.1, 0.15) is 5.75 Å². The second kappa shape index (κ2) is 7.33. The van der Waals surface area contributed by atoms with Gasteiger partial charge in [0.2, 0.25) is 0 Å². The van der Waals surface area contributed by atoms with Crippen molar-refractivity contribution in [1.82, 2.24) is 0 Å². The highest BCUT2D eigenvalue weighted by molar-refractivity contribution is 9.10. The van der Waals surface area contributed by atoms with E-state index in [1.54, 1.807) is 31.4 Å². The molecule has 0 spiro atoms. The number of rotatable bonds is 7. The van der Waals surface area contributed by atoms with Crippen LogP contribution >= 0.6 is 15.9 Å². The Balaban J connectivity index is 1.76. The highest BCUT2D eigenvalue weighted by Gasteiger charge is 2.54. The van der Waals surface area contributed by atoms with Gasteiger partial charge >= 0.3 is 0 Å². The first-order valence-electron chi connectivity index (χ1n) is 8.61.